The minimum Gasteiger partial charge on any atom is -0.439 e. The highest BCUT2D eigenvalue weighted by Gasteiger charge is 2.43. The van der Waals surface area contributed by atoms with Gasteiger partial charge in [0.1, 0.15) is 6.04 Å². The Morgan fingerprint density at radius 1 is 1.17 bits per heavy atom. The van der Waals surface area contributed by atoms with Gasteiger partial charge in [-0.2, -0.15) is 0 Å². The van der Waals surface area contributed by atoms with Crippen LogP contribution in [0.2, 0.25) is 0 Å². The summed E-state index contributed by atoms with van der Waals surface area (Å²) in [4.78, 5) is 49.1. The Bertz CT molecular complexity index is 901. The van der Waals surface area contributed by atoms with Gasteiger partial charge in [-0.15, -0.1) is 11.3 Å². The molecule has 1 aromatic heterocycles. The maximum atomic E-state index is 12.8. The minimum atomic E-state index is -0.978. The lowest BCUT2D eigenvalue weighted by Gasteiger charge is -2.36. The Labute approximate surface area is 178 Å². The molecule has 9 heteroatoms. The number of aryl methyl sites for hydroxylation is 1. The third kappa shape index (κ3) is 5.90. The predicted molar refractivity (Wildman–Crippen MR) is 110 cm³/mol. The molecule has 30 heavy (non-hydrogen) atoms. The molecule has 1 aliphatic heterocycles. The standard InChI is InChI=1S/C21H23N3O5S/c1-13(25)29-21-18(20(28)24-21)23-19(27)16(12-15-8-5-11-30-15)22-17(26)10-9-14-6-3-2-4-7-14/h2-8,11,16,18,21H,9-10,12H2,1H3,(H,22,26)(H,23,27)(H,24,28)/t16-,18+,21-/m0/s1. The molecule has 0 saturated carbocycles. The van der Waals surface area contributed by atoms with Crippen molar-refractivity contribution in [1.82, 2.24) is 16.0 Å². The molecule has 1 fully saturated rings. The fraction of sp³-hybridized carbons (Fsp3) is 0.333. The molecule has 0 unspecified atom stereocenters. The van der Waals surface area contributed by atoms with Crippen molar-refractivity contribution in [3.8, 4) is 0 Å². The van der Waals surface area contributed by atoms with Crippen molar-refractivity contribution in [2.24, 2.45) is 0 Å². The summed E-state index contributed by atoms with van der Waals surface area (Å²) in [5.74, 6) is -1.78. The maximum absolute atomic E-state index is 12.8. The van der Waals surface area contributed by atoms with Gasteiger partial charge in [0.2, 0.25) is 18.0 Å². The van der Waals surface area contributed by atoms with E-state index in [0.717, 1.165) is 10.4 Å². The third-order valence-electron chi connectivity index (χ3n) is 4.58. The zero-order chi connectivity index (χ0) is 21.5. The van der Waals surface area contributed by atoms with E-state index in [2.05, 4.69) is 16.0 Å². The monoisotopic (exact) mass is 429 g/mol. The van der Waals surface area contributed by atoms with Crippen LogP contribution in [-0.4, -0.2) is 42.0 Å². The molecule has 3 N–H and O–H groups in total. The topological polar surface area (TPSA) is 114 Å². The van der Waals surface area contributed by atoms with Crippen LogP contribution in [0.1, 0.15) is 23.8 Å². The molecule has 0 aliphatic carbocycles. The van der Waals surface area contributed by atoms with Gasteiger partial charge < -0.3 is 20.7 Å². The molecule has 0 radical (unpaired) electrons. The molecule has 3 rings (SSSR count). The number of thiophene rings is 1. The number of hydrogen-bond acceptors (Lipinski definition) is 6. The molecular weight excluding hydrogens is 406 g/mol. The smallest absolute Gasteiger partial charge is 0.304 e. The molecular formula is C21H23N3O5S. The van der Waals surface area contributed by atoms with Gasteiger partial charge in [0, 0.05) is 24.6 Å². The van der Waals surface area contributed by atoms with Crippen LogP contribution in [0, 0.1) is 0 Å². The van der Waals surface area contributed by atoms with Crippen molar-refractivity contribution in [3.63, 3.8) is 0 Å². The Kier molecular flexibility index (Phi) is 7.18. The number of ether oxygens (including phenoxy) is 1. The van der Waals surface area contributed by atoms with Gasteiger partial charge >= 0.3 is 5.97 Å². The average Bonchev–Trinajstić information content (AvgIpc) is 3.23. The number of rotatable bonds is 9. The van der Waals surface area contributed by atoms with Gasteiger partial charge in [-0.1, -0.05) is 36.4 Å². The van der Waals surface area contributed by atoms with Gasteiger partial charge in [0.05, 0.1) is 0 Å². The molecule has 3 atom stereocenters. The first-order chi connectivity index (χ1) is 14.4. The molecule has 3 amide bonds. The summed E-state index contributed by atoms with van der Waals surface area (Å²) in [6.45, 7) is 1.22. The normalized spacial score (nSPS) is 18.5. The summed E-state index contributed by atoms with van der Waals surface area (Å²) < 4.78 is 4.95. The lowest BCUT2D eigenvalue weighted by atomic mass is 10.1. The summed E-state index contributed by atoms with van der Waals surface area (Å²) in [5.41, 5.74) is 1.03. The van der Waals surface area contributed by atoms with E-state index in [0.29, 0.717) is 12.8 Å². The van der Waals surface area contributed by atoms with Gasteiger partial charge in [0.25, 0.3) is 5.91 Å². The minimum absolute atomic E-state index is 0.234. The van der Waals surface area contributed by atoms with E-state index in [4.69, 9.17) is 4.74 Å². The highest BCUT2D eigenvalue weighted by molar-refractivity contribution is 7.09. The molecule has 0 spiro atoms. The van der Waals surface area contributed by atoms with Crippen LogP contribution in [0.25, 0.3) is 0 Å². The summed E-state index contributed by atoms with van der Waals surface area (Å²) in [7, 11) is 0. The first-order valence-electron chi connectivity index (χ1n) is 9.56. The van der Waals surface area contributed by atoms with Crippen LogP contribution in [0.3, 0.4) is 0 Å². The Hall–Kier alpha value is -3.20. The van der Waals surface area contributed by atoms with Gasteiger partial charge in [-0.25, -0.2) is 0 Å². The SMILES string of the molecule is CC(=O)O[C@@H]1NC(=O)[C@H]1NC(=O)[C@H](Cc1cccs1)NC(=O)CCc1ccccc1. The lowest BCUT2D eigenvalue weighted by Crippen LogP contribution is -2.71. The average molecular weight is 429 g/mol. The van der Waals surface area contributed by atoms with Crippen molar-refractivity contribution < 1.29 is 23.9 Å². The van der Waals surface area contributed by atoms with Crippen LogP contribution in [0.5, 0.6) is 0 Å². The molecule has 2 aromatic rings. The maximum Gasteiger partial charge on any atom is 0.304 e. The molecule has 1 aromatic carbocycles. The van der Waals surface area contributed by atoms with Crippen LogP contribution in [-0.2, 0) is 36.8 Å². The van der Waals surface area contributed by atoms with E-state index in [1.54, 1.807) is 0 Å². The first kappa shape index (κ1) is 21.5. The number of benzene rings is 1. The largest absolute Gasteiger partial charge is 0.439 e. The Morgan fingerprint density at radius 2 is 1.93 bits per heavy atom. The first-order valence-corrected chi connectivity index (χ1v) is 10.4. The second kappa shape index (κ2) is 10.0. The predicted octanol–water partition coefficient (Wildman–Crippen LogP) is 0.912. The van der Waals surface area contributed by atoms with Gasteiger partial charge in [0.15, 0.2) is 6.04 Å². The van der Waals surface area contributed by atoms with E-state index in [-0.39, 0.29) is 12.3 Å². The van der Waals surface area contributed by atoms with E-state index < -0.39 is 36.1 Å². The second-order valence-electron chi connectivity index (χ2n) is 6.91. The molecule has 0 bridgehead atoms. The molecule has 158 valence electrons. The lowest BCUT2D eigenvalue weighted by molar-refractivity contribution is -0.164. The van der Waals surface area contributed by atoms with Crippen molar-refractivity contribution in [2.75, 3.05) is 0 Å². The molecule has 1 saturated heterocycles. The zero-order valence-electron chi connectivity index (χ0n) is 16.4. The van der Waals surface area contributed by atoms with Crippen molar-refractivity contribution >= 4 is 35.0 Å². The fourth-order valence-electron chi connectivity index (χ4n) is 3.03. The van der Waals surface area contributed by atoms with Crippen LogP contribution in [0.4, 0.5) is 0 Å². The second-order valence-corrected chi connectivity index (χ2v) is 7.95. The van der Waals surface area contributed by atoms with Crippen LogP contribution in [0.15, 0.2) is 47.8 Å². The zero-order valence-corrected chi connectivity index (χ0v) is 17.2. The number of amides is 3. The van der Waals surface area contributed by atoms with Crippen molar-refractivity contribution in [1.29, 1.82) is 0 Å². The van der Waals surface area contributed by atoms with Crippen LogP contribution < -0.4 is 16.0 Å². The highest BCUT2D eigenvalue weighted by atomic mass is 32.1. The summed E-state index contributed by atoms with van der Waals surface area (Å²) in [6, 6.07) is 11.5. The number of hydrogen-bond donors (Lipinski definition) is 3. The summed E-state index contributed by atoms with van der Waals surface area (Å²) in [6.07, 6.45) is 0.181. The Morgan fingerprint density at radius 3 is 2.57 bits per heavy atom. The number of β-lactam (4-membered cyclic amide) rings is 1. The molecule has 2 heterocycles. The van der Waals surface area contributed by atoms with E-state index in [9.17, 15) is 19.2 Å². The van der Waals surface area contributed by atoms with E-state index >= 15 is 0 Å². The Balaban J connectivity index is 1.61. The van der Waals surface area contributed by atoms with Gasteiger partial charge in [-0.3, -0.25) is 19.2 Å². The number of carbonyl (C=O) groups is 4. The van der Waals surface area contributed by atoms with Crippen LogP contribution >= 0.6 is 11.3 Å². The van der Waals surface area contributed by atoms with Gasteiger partial charge in [-0.05, 0) is 23.4 Å². The quantitative estimate of drug-likeness (QED) is 0.405. The van der Waals surface area contributed by atoms with Crippen molar-refractivity contribution in [2.45, 2.75) is 44.5 Å². The summed E-state index contributed by atoms with van der Waals surface area (Å²) >= 11 is 1.47. The third-order valence-corrected chi connectivity index (χ3v) is 5.48. The number of carbonyl (C=O) groups excluding carboxylic acids is 4. The van der Waals surface area contributed by atoms with E-state index in [1.165, 1.54) is 18.3 Å². The number of nitrogens with one attached hydrogen (secondary N) is 3. The molecule has 8 nitrogen and oxygen atoms in total. The fourth-order valence-corrected chi connectivity index (χ4v) is 3.79. The van der Waals surface area contributed by atoms with Crippen molar-refractivity contribution in [3.05, 3.63) is 58.3 Å². The highest BCUT2D eigenvalue weighted by Crippen LogP contribution is 2.14. The summed E-state index contributed by atoms with van der Waals surface area (Å²) in [5, 5.41) is 9.64. The molecule has 1 aliphatic rings. The van der Waals surface area contributed by atoms with E-state index in [1.807, 2.05) is 47.8 Å². The number of esters is 1.